The number of hydrogen-bond acceptors (Lipinski definition) is 0. The Bertz CT molecular complexity index is 1280. The lowest BCUT2D eigenvalue weighted by Crippen LogP contribution is -2.26. The maximum atomic E-state index is 14.6. The number of rotatable bonds is 0. The third kappa shape index (κ3) is 2.03. The molecule has 2 aliphatic carbocycles. The minimum atomic E-state index is -0.504. The first-order valence-corrected chi connectivity index (χ1v) is 10.6. The highest BCUT2D eigenvalue weighted by Crippen LogP contribution is 2.64. The number of hydrogen-bond donors (Lipinski definition) is 0. The molecule has 2 heteroatoms. The standard InChI is InChI=1S/C27H18BrF/c1-15-6-9-18-19-10-7-16(2)13-23(19)27(22(18)12-15)24-14-17(29)8-11-20(24)21-4-3-5-25(28)26(21)27/h3-14H,1-2H3. The Hall–Kier alpha value is -2.71. The lowest BCUT2D eigenvalue weighted by molar-refractivity contribution is 0.622. The molecule has 0 aromatic heterocycles. The Kier molecular flexibility index (Phi) is 3.36. The van der Waals surface area contributed by atoms with Crippen molar-refractivity contribution >= 4 is 15.9 Å². The molecule has 4 aromatic carbocycles. The molecule has 2 aliphatic rings. The zero-order valence-corrected chi connectivity index (χ0v) is 17.8. The van der Waals surface area contributed by atoms with E-state index in [-0.39, 0.29) is 5.82 Å². The second-order valence-electron chi connectivity index (χ2n) is 8.20. The number of benzene rings is 4. The van der Waals surface area contributed by atoms with Gasteiger partial charge in [0.25, 0.3) is 0 Å². The maximum absolute atomic E-state index is 14.6. The van der Waals surface area contributed by atoms with Gasteiger partial charge in [0.2, 0.25) is 0 Å². The van der Waals surface area contributed by atoms with Crippen LogP contribution in [0, 0.1) is 19.7 Å². The van der Waals surface area contributed by atoms with E-state index in [1.54, 1.807) is 12.1 Å². The van der Waals surface area contributed by atoms with Crippen LogP contribution in [0.5, 0.6) is 0 Å². The SMILES string of the molecule is Cc1ccc2c(c1)C1(c3cc(C)ccc3-2)c2cc(F)ccc2-c2cccc(Br)c21. The van der Waals surface area contributed by atoms with Crippen molar-refractivity contribution in [2.45, 2.75) is 19.3 Å². The Balaban J connectivity index is 1.90. The zero-order valence-electron chi connectivity index (χ0n) is 16.2. The van der Waals surface area contributed by atoms with Crippen molar-refractivity contribution in [3.63, 3.8) is 0 Å². The van der Waals surface area contributed by atoms with Gasteiger partial charge in [0, 0.05) is 4.47 Å². The molecule has 0 nitrogen and oxygen atoms in total. The molecular weight excluding hydrogens is 423 g/mol. The van der Waals surface area contributed by atoms with Gasteiger partial charge in [-0.3, -0.25) is 0 Å². The van der Waals surface area contributed by atoms with Crippen LogP contribution in [0.1, 0.15) is 33.4 Å². The summed E-state index contributed by atoms with van der Waals surface area (Å²) in [6.07, 6.45) is 0. The third-order valence-corrected chi connectivity index (χ3v) is 7.17. The van der Waals surface area contributed by atoms with E-state index in [4.69, 9.17) is 0 Å². The van der Waals surface area contributed by atoms with Crippen LogP contribution < -0.4 is 0 Å². The molecule has 0 fully saturated rings. The molecule has 6 rings (SSSR count). The van der Waals surface area contributed by atoms with Crippen LogP contribution in [0.15, 0.2) is 77.3 Å². The summed E-state index contributed by atoms with van der Waals surface area (Å²) in [6.45, 7) is 4.26. The number of aryl methyl sites for hydroxylation is 2. The van der Waals surface area contributed by atoms with Crippen LogP contribution in [-0.4, -0.2) is 0 Å². The molecule has 29 heavy (non-hydrogen) atoms. The molecular formula is C27H18BrF. The largest absolute Gasteiger partial charge is 0.207 e. The fourth-order valence-electron chi connectivity index (χ4n) is 5.44. The Labute approximate surface area is 178 Å². The van der Waals surface area contributed by atoms with Crippen molar-refractivity contribution in [2.24, 2.45) is 0 Å². The molecule has 0 amide bonds. The van der Waals surface area contributed by atoms with Gasteiger partial charge < -0.3 is 0 Å². The quantitative estimate of drug-likeness (QED) is 0.228. The predicted octanol–water partition coefficient (Wildman–Crippen LogP) is 7.55. The van der Waals surface area contributed by atoms with Gasteiger partial charge in [0.05, 0.1) is 5.41 Å². The molecule has 0 radical (unpaired) electrons. The van der Waals surface area contributed by atoms with Crippen LogP contribution in [-0.2, 0) is 5.41 Å². The molecule has 140 valence electrons. The van der Waals surface area contributed by atoms with Gasteiger partial charge in [0.1, 0.15) is 5.82 Å². The van der Waals surface area contributed by atoms with Crippen molar-refractivity contribution in [3.05, 3.63) is 116 Å². The number of fused-ring (bicyclic) bond motifs is 10. The Morgan fingerprint density at radius 1 is 0.655 bits per heavy atom. The first-order chi connectivity index (χ1) is 14.0. The first kappa shape index (κ1) is 17.2. The van der Waals surface area contributed by atoms with Crippen LogP contribution in [0.4, 0.5) is 4.39 Å². The second kappa shape index (κ2) is 5.67. The van der Waals surface area contributed by atoms with Crippen LogP contribution in [0.2, 0.25) is 0 Å². The molecule has 0 saturated heterocycles. The van der Waals surface area contributed by atoms with E-state index in [0.717, 1.165) is 15.6 Å². The molecule has 4 aromatic rings. The van der Waals surface area contributed by atoms with Gasteiger partial charge in [-0.25, -0.2) is 4.39 Å². The molecule has 0 N–H and O–H groups in total. The number of halogens is 2. The highest BCUT2D eigenvalue weighted by molar-refractivity contribution is 9.10. The second-order valence-corrected chi connectivity index (χ2v) is 9.05. The van der Waals surface area contributed by atoms with E-state index in [1.807, 2.05) is 6.07 Å². The highest BCUT2D eigenvalue weighted by atomic mass is 79.9. The van der Waals surface area contributed by atoms with E-state index in [0.29, 0.717) is 0 Å². The monoisotopic (exact) mass is 440 g/mol. The highest BCUT2D eigenvalue weighted by Gasteiger charge is 2.52. The predicted molar refractivity (Wildman–Crippen MR) is 120 cm³/mol. The lowest BCUT2D eigenvalue weighted by atomic mass is 9.70. The normalized spacial score (nSPS) is 14.5. The summed E-state index contributed by atoms with van der Waals surface area (Å²) in [5.41, 5.74) is 11.4. The van der Waals surface area contributed by atoms with Gasteiger partial charge in [0.15, 0.2) is 0 Å². The summed E-state index contributed by atoms with van der Waals surface area (Å²) in [7, 11) is 0. The van der Waals surface area contributed by atoms with Gasteiger partial charge >= 0.3 is 0 Å². The first-order valence-electron chi connectivity index (χ1n) is 9.84. The average Bonchev–Trinajstić information content (AvgIpc) is 3.14. The Morgan fingerprint density at radius 2 is 1.21 bits per heavy atom. The van der Waals surface area contributed by atoms with E-state index in [9.17, 15) is 4.39 Å². The summed E-state index contributed by atoms with van der Waals surface area (Å²) in [5.74, 6) is -0.192. The molecule has 0 atom stereocenters. The summed E-state index contributed by atoms with van der Waals surface area (Å²) < 4.78 is 15.7. The smallest absolute Gasteiger partial charge is 0.123 e. The summed E-state index contributed by atoms with van der Waals surface area (Å²) in [6, 6.07) is 24.9. The van der Waals surface area contributed by atoms with Crippen molar-refractivity contribution < 1.29 is 4.39 Å². The summed E-state index contributed by atoms with van der Waals surface area (Å²) >= 11 is 3.86. The molecule has 0 bridgehead atoms. The van der Waals surface area contributed by atoms with Crippen LogP contribution >= 0.6 is 15.9 Å². The fourth-order valence-corrected chi connectivity index (χ4v) is 6.10. The maximum Gasteiger partial charge on any atom is 0.123 e. The van der Waals surface area contributed by atoms with E-state index in [2.05, 4.69) is 84.4 Å². The average molecular weight is 441 g/mol. The summed E-state index contributed by atoms with van der Waals surface area (Å²) in [4.78, 5) is 0. The van der Waals surface area contributed by atoms with Gasteiger partial charge in [-0.05, 0) is 76.6 Å². The van der Waals surface area contributed by atoms with Gasteiger partial charge in [-0.2, -0.15) is 0 Å². The molecule has 1 spiro atoms. The van der Waals surface area contributed by atoms with E-state index in [1.165, 1.54) is 44.5 Å². The topological polar surface area (TPSA) is 0 Å². The Morgan fingerprint density at radius 3 is 1.86 bits per heavy atom. The zero-order chi connectivity index (χ0) is 19.9. The third-order valence-electron chi connectivity index (χ3n) is 6.51. The minimum absolute atomic E-state index is 0.192. The molecule has 0 heterocycles. The van der Waals surface area contributed by atoms with Crippen molar-refractivity contribution in [2.75, 3.05) is 0 Å². The molecule has 0 saturated carbocycles. The lowest BCUT2D eigenvalue weighted by Gasteiger charge is -2.31. The van der Waals surface area contributed by atoms with E-state index >= 15 is 0 Å². The molecule has 0 aliphatic heterocycles. The summed E-state index contributed by atoms with van der Waals surface area (Å²) in [5, 5.41) is 0. The van der Waals surface area contributed by atoms with Crippen LogP contribution in [0.3, 0.4) is 0 Å². The van der Waals surface area contributed by atoms with Gasteiger partial charge in [-0.15, -0.1) is 0 Å². The van der Waals surface area contributed by atoms with Crippen molar-refractivity contribution in [1.29, 1.82) is 0 Å². The minimum Gasteiger partial charge on any atom is -0.207 e. The van der Waals surface area contributed by atoms with Crippen molar-refractivity contribution in [1.82, 2.24) is 0 Å². The van der Waals surface area contributed by atoms with E-state index < -0.39 is 5.41 Å². The van der Waals surface area contributed by atoms with Crippen molar-refractivity contribution in [3.8, 4) is 22.3 Å². The van der Waals surface area contributed by atoms with Crippen LogP contribution in [0.25, 0.3) is 22.3 Å². The van der Waals surface area contributed by atoms with Gasteiger partial charge in [-0.1, -0.05) is 81.7 Å². The molecule has 0 unspecified atom stereocenters. The fraction of sp³-hybridized carbons (Fsp3) is 0.111.